The quantitative estimate of drug-likeness (QED) is 0.791. The highest BCUT2D eigenvalue weighted by atomic mass is 35.5. The summed E-state index contributed by atoms with van der Waals surface area (Å²) < 4.78 is 7.42. The second kappa shape index (κ2) is 5.66. The van der Waals surface area contributed by atoms with Crippen LogP contribution in [0.15, 0.2) is 42.7 Å². The van der Waals surface area contributed by atoms with E-state index >= 15 is 0 Å². The molecule has 0 bridgehead atoms. The van der Waals surface area contributed by atoms with E-state index in [-0.39, 0.29) is 0 Å². The Morgan fingerprint density at radius 1 is 1.24 bits per heavy atom. The third kappa shape index (κ3) is 2.81. The molecule has 0 saturated carbocycles. The first-order valence-electron chi connectivity index (χ1n) is 6.84. The third-order valence-electron chi connectivity index (χ3n) is 3.17. The summed E-state index contributed by atoms with van der Waals surface area (Å²) in [6, 6.07) is 9.58. The van der Waals surface area contributed by atoms with E-state index in [0.717, 1.165) is 30.0 Å². The number of ether oxygens (including phenoxy) is 1. The van der Waals surface area contributed by atoms with Crippen molar-refractivity contribution in [1.29, 1.82) is 0 Å². The van der Waals surface area contributed by atoms with Gasteiger partial charge in [0.25, 0.3) is 0 Å². The molecular weight excluding hydrogens is 286 g/mol. The largest absolute Gasteiger partial charge is 0.494 e. The Kier molecular flexibility index (Phi) is 3.71. The molecule has 0 saturated heterocycles. The summed E-state index contributed by atoms with van der Waals surface area (Å²) >= 11 is 6.00. The van der Waals surface area contributed by atoms with Crippen LogP contribution in [0, 0.1) is 0 Å². The summed E-state index contributed by atoms with van der Waals surface area (Å²) in [5.74, 6) is 0.868. The highest BCUT2D eigenvalue weighted by molar-refractivity contribution is 6.30. The van der Waals surface area contributed by atoms with Gasteiger partial charge < -0.3 is 14.9 Å². The molecule has 0 aliphatic carbocycles. The lowest BCUT2D eigenvalue weighted by atomic mass is 10.2. The van der Waals surface area contributed by atoms with Crippen molar-refractivity contribution in [3.05, 3.63) is 47.7 Å². The molecule has 3 rings (SSSR count). The van der Waals surface area contributed by atoms with Crippen molar-refractivity contribution in [2.75, 3.05) is 12.3 Å². The highest BCUT2D eigenvalue weighted by Crippen LogP contribution is 2.25. The minimum Gasteiger partial charge on any atom is -0.494 e. The fourth-order valence-corrected chi connectivity index (χ4v) is 2.39. The molecule has 4 nitrogen and oxygen atoms in total. The van der Waals surface area contributed by atoms with E-state index in [1.807, 2.05) is 34.9 Å². The minimum atomic E-state index is 0.566. The maximum atomic E-state index is 6.00. The number of benzene rings is 1. The smallest absolute Gasteiger partial charge is 0.160 e. The number of anilines is 1. The number of pyridine rings is 1. The van der Waals surface area contributed by atoms with E-state index in [0.29, 0.717) is 16.4 Å². The van der Waals surface area contributed by atoms with Gasteiger partial charge in [-0.05, 0) is 36.8 Å². The second-order valence-corrected chi connectivity index (χ2v) is 5.28. The predicted octanol–water partition coefficient (Wildman–Crippen LogP) is 4.03. The molecule has 0 aliphatic rings. The molecule has 0 radical (unpaired) electrons. The average Bonchev–Trinajstić information content (AvgIpc) is 2.90. The van der Waals surface area contributed by atoms with Crippen LogP contribution in [0.1, 0.15) is 13.3 Å². The first kappa shape index (κ1) is 13.8. The lowest BCUT2D eigenvalue weighted by molar-refractivity contribution is 0.317. The predicted molar refractivity (Wildman–Crippen MR) is 85.8 cm³/mol. The van der Waals surface area contributed by atoms with Crippen molar-refractivity contribution in [2.24, 2.45) is 0 Å². The molecule has 21 heavy (non-hydrogen) atoms. The standard InChI is InChI=1S/C16H16ClN3O/c1-2-7-21-13-5-3-11(4-6-13)15-10-20-9-12(17)8-14(18)16(20)19-15/h3-6,8-10H,2,7,18H2,1H3. The maximum Gasteiger partial charge on any atom is 0.160 e. The van der Waals surface area contributed by atoms with Gasteiger partial charge in [0.2, 0.25) is 0 Å². The molecule has 0 amide bonds. The number of fused-ring (bicyclic) bond motifs is 1. The molecule has 0 aliphatic heterocycles. The van der Waals surface area contributed by atoms with Crippen molar-refractivity contribution in [3.63, 3.8) is 0 Å². The summed E-state index contributed by atoms with van der Waals surface area (Å²) in [5, 5.41) is 0.590. The van der Waals surface area contributed by atoms with Crippen LogP contribution in [-0.4, -0.2) is 16.0 Å². The zero-order valence-corrected chi connectivity index (χ0v) is 12.5. The molecule has 0 atom stereocenters. The normalized spacial score (nSPS) is 11.0. The molecular formula is C16H16ClN3O. The summed E-state index contributed by atoms with van der Waals surface area (Å²) in [5.41, 5.74) is 9.08. The van der Waals surface area contributed by atoms with Gasteiger partial charge in [-0.3, -0.25) is 0 Å². The van der Waals surface area contributed by atoms with Crippen LogP contribution in [0.25, 0.3) is 16.9 Å². The van der Waals surface area contributed by atoms with E-state index in [1.54, 1.807) is 12.3 Å². The first-order valence-corrected chi connectivity index (χ1v) is 7.22. The van der Waals surface area contributed by atoms with Gasteiger partial charge in [-0.25, -0.2) is 4.98 Å². The van der Waals surface area contributed by atoms with Crippen molar-refractivity contribution in [1.82, 2.24) is 9.38 Å². The maximum absolute atomic E-state index is 6.00. The molecule has 0 spiro atoms. The molecule has 2 heterocycles. The Bertz CT molecular complexity index is 765. The lowest BCUT2D eigenvalue weighted by Crippen LogP contribution is -1.94. The van der Waals surface area contributed by atoms with Crippen molar-refractivity contribution in [2.45, 2.75) is 13.3 Å². The number of nitrogens with two attached hydrogens (primary N) is 1. The van der Waals surface area contributed by atoms with Gasteiger partial charge in [0.05, 0.1) is 23.0 Å². The van der Waals surface area contributed by atoms with Crippen molar-refractivity contribution >= 4 is 22.9 Å². The van der Waals surface area contributed by atoms with Gasteiger partial charge in [0.15, 0.2) is 5.65 Å². The van der Waals surface area contributed by atoms with Crippen molar-refractivity contribution < 1.29 is 4.74 Å². The Morgan fingerprint density at radius 2 is 2.00 bits per heavy atom. The summed E-state index contributed by atoms with van der Waals surface area (Å²) in [6.07, 6.45) is 4.70. The molecule has 2 N–H and O–H groups in total. The van der Waals surface area contributed by atoms with Crippen molar-refractivity contribution in [3.8, 4) is 17.0 Å². The minimum absolute atomic E-state index is 0.566. The van der Waals surface area contributed by atoms with E-state index in [9.17, 15) is 0 Å². The molecule has 2 aromatic heterocycles. The van der Waals surface area contributed by atoms with Gasteiger partial charge in [-0.2, -0.15) is 0 Å². The zero-order valence-electron chi connectivity index (χ0n) is 11.7. The fraction of sp³-hybridized carbons (Fsp3) is 0.188. The van der Waals surface area contributed by atoms with Gasteiger partial charge in [0, 0.05) is 18.0 Å². The lowest BCUT2D eigenvalue weighted by Gasteiger charge is -2.04. The van der Waals surface area contributed by atoms with Crippen LogP contribution in [0.4, 0.5) is 5.69 Å². The van der Waals surface area contributed by atoms with Gasteiger partial charge in [-0.1, -0.05) is 18.5 Å². The number of hydrogen-bond acceptors (Lipinski definition) is 3. The Hall–Kier alpha value is -2.20. The number of imidazole rings is 1. The fourth-order valence-electron chi connectivity index (χ4n) is 2.17. The monoisotopic (exact) mass is 301 g/mol. The Labute approximate surface area is 128 Å². The van der Waals surface area contributed by atoms with Crippen LogP contribution in [0.2, 0.25) is 5.02 Å². The number of aromatic nitrogens is 2. The van der Waals surface area contributed by atoms with E-state index in [4.69, 9.17) is 22.1 Å². The SMILES string of the molecule is CCCOc1ccc(-c2cn3cc(Cl)cc(N)c3n2)cc1. The topological polar surface area (TPSA) is 52.5 Å². The molecule has 5 heteroatoms. The molecule has 108 valence electrons. The average molecular weight is 302 g/mol. The molecule has 1 aromatic carbocycles. The Balaban J connectivity index is 1.95. The highest BCUT2D eigenvalue weighted by Gasteiger charge is 2.08. The summed E-state index contributed by atoms with van der Waals surface area (Å²) in [4.78, 5) is 4.55. The zero-order chi connectivity index (χ0) is 14.8. The number of nitrogen functional groups attached to an aromatic ring is 1. The van der Waals surface area contributed by atoms with Gasteiger partial charge in [-0.15, -0.1) is 0 Å². The summed E-state index contributed by atoms with van der Waals surface area (Å²) in [6.45, 7) is 2.81. The molecule has 0 unspecified atom stereocenters. The number of nitrogens with zero attached hydrogens (tertiary/aromatic N) is 2. The first-order chi connectivity index (χ1) is 10.2. The number of halogens is 1. The van der Waals surface area contributed by atoms with E-state index < -0.39 is 0 Å². The van der Waals surface area contributed by atoms with E-state index in [1.165, 1.54) is 0 Å². The van der Waals surface area contributed by atoms with Gasteiger partial charge >= 0.3 is 0 Å². The second-order valence-electron chi connectivity index (χ2n) is 4.84. The Morgan fingerprint density at radius 3 is 2.71 bits per heavy atom. The van der Waals surface area contributed by atoms with Crippen LogP contribution >= 0.6 is 11.6 Å². The molecule has 0 fully saturated rings. The van der Waals surface area contributed by atoms with Crippen LogP contribution in [0.5, 0.6) is 5.75 Å². The summed E-state index contributed by atoms with van der Waals surface area (Å²) in [7, 11) is 0. The third-order valence-corrected chi connectivity index (χ3v) is 3.38. The van der Waals surface area contributed by atoms with Gasteiger partial charge in [0.1, 0.15) is 5.75 Å². The van der Waals surface area contributed by atoms with Crippen LogP contribution in [-0.2, 0) is 0 Å². The number of hydrogen-bond donors (Lipinski definition) is 1. The van der Waals surface area contributed by atoms with Crippen LogP contribution < -0.4 is 10.5 Å². The van der Waals surface area contributed by atoms with E-state index in [2.05, 4.69) is 11.9 Å². The van der Waals surface area contributed by atoms with Crippen LogP contribution in [0.3, 0.4) is 0 Å². The number of rotatable bonds is 4. The molecule has 3 aromatic rings.